The van der Waals surface area contributed by atoms with Gasteiger partial charge in [-0.25, -0.2) is 0 Å². The lowest BCUT2D eigenvalue weighted by Crippen LogP contribution is -2.20. The molecule has 0 aliphatic heterocycles. The second-order valence-corrected chi connectivity index (χ2v) is 6.42. The minimum absolute atomic E-state index is 0.816. The molecular formula is C16H18N4S. The molecule has 0 amide bonds. The van der Waals surface area contributed by atoms with Gasteiger partial charge >= 0.3 is 0 Å². The summed E-state index contributed by atoms with van der Waals surface area (Å²) in [4.78, 5) is 4.56. The van der Waals surface area contributed by atoms with Crippen molar-refractivity contribution in [3.8, 4) is 10.7 Å². The summed E-state index contributed by atoms with van der Waals surface area (Å²) in [5.74, 6) is 1.79. The van der Waals surface area contributed by atoms with Crippen molar-refractivity contribution in [2.24, 2.45) is 7.05 Å². The molecular weight excluding hydrogens is 280 g/mol. The number of aryl methyl sites for hydroxylation is 1. The highest BCUT2D eigenvalue weighted by Gasteiger charge is 2.15. The van der Waals surface area contributed by atoms with Crippen molar-refractivity contribution in [3.63, 3.8) is 0 Å². The molecule has 4 nitrogen and oxygen atoms in total. The monoisotopic (exact) mass is 298 g/mol. The summed E-state index contributed by atoms with van der Waals surface area (Å²) in [6.07, 6.45) is 0. The maximum atomic E-state index is 4.34. The number of anilines is 1. The van der Waals surface area contributed by atoms with Crippen LogP contribution in [0, 0.1) is 6.92 Å². The van der Waals surface area contributed by atoms with Gasteiger partial charge in [0.25, 0.3) is 0 Å². The Morgan fingerprint density at radius 3 is 2.52 bits per heavy atom. The van der Waals surface area contributed by atoms with Crippen molar-refractivity contribution in [1.82, 2.24) is 14.8 Å². The summed E-state index contributed by atoms with van der Waals surface area (Å²) in [6, 6.07) is 14.6. The van der Waals surface area contributed by atoms with Gasteiger partial charge in [-0.3, -0.25) is 4.57 Å². The Labute approximate surface area is 128 Å². The third kappa shape index (κ3) is 2.83. The number of thiophene rings is 1. The Morgan fingerprint density at radius 1 is 1.10 bits per heavy atom. The fourth-order valence-corrected chi connectivity index (χ4v) is 3.24. The molecule has 3 aromatic rings. The van der Waals surface area contributed by atoms with E-state index < -0.39 is 0 Å². The average Bonchev–Trinajstić information content (AvgIpc) is 3.06. The molecule has 0 N–H and O–H groups in total. The molecule has 108 valence electrons. The summed E-state index contributed by atoms with van der Waals surface area (Å²) in [5.41, 5.74) is 1.26. The molecule has 0 unspecified atom stereocenters. The van der Waals surface area contributed by atoms with Gasteiger partial charge in [0.1, 0.15) is 0 Å². The SMILES string of the molecule is Cc1ccc(-c2nnc(N(C)Cc3ccccc3)n2C)s1. The standard InChI is InChI=1S/C16H18N4S/c1-12-9-10-14(21-12)15-17-18-16(20(15)3)19(2)11-13-7-5-4-6-8-13/h4-10H,11H2,1-3H3. The van der Waals surface area contributed by atoms with Crippen LogP contribution in [0.3, 0.4) is 0 Å². The van der Waals surface area contributed by atoms with Gasteiger partial charge in [0.05, 0.1) is 4.88 Å². The molecule has 3 rings (SSSR count). The first kappa shape index (κ1) is 13.8. The van der Waals surface area contributed by atoms with Gasteiger partial charge in [0.2, 0.25) is 5.95 Å². The lowest BCUT2D eigenvalue weighted by molar-refractivity contribution is 0.808. The lowest BCUT2D eigenvalue weighted by atomic mass is 10.2. The van der Waals surface area contributed by atoms with E-state index in [1.54, 1.807) is 11.3 Å². The zero-order valence-electron chi connectivity index (χ0n) is 12.4. The van der Waals surface area contributed by atoms with Crippen LogP contribution in [0.1, 0.15) is 10.4 Å². The second kappa shape index (κ2) is 5.69. The quantitative estimate of drug-likeness (QED) is 0.739. The van der Waals surface area contributed by atoms with Crippen molar-refractivity contribution in [2.75, 3.05) is 11.9 Å². The predicted molar refractivity (Wildman–Crippen MR) is 87.6 cm³/mol. The van der Waals surface area contributed by atoms with Gasteiger partial charge in [-0.2, -0.15) is 0 Å². The van der Waals surface area contributed by atoms with E-state index in [9.17, 15) is 0 Å². The molecule has 0 aliphatic carbocycles. The number of rotatable bonds is 4. The first-order valence-corrected chi connectivity index (χ1v) is 7.68. The van der Waals surface area contributed by atoms with E-state index in [1.165, 1.54) is 10.4 Å². The van der Waals surface area contributed by atoms with Crippen molar-refractivity contribution >= 4 is 17.3 Å². The topological polar surface area (TPSA) is 34.0 Å². The van der Waals surface area contributed by atoms with E-state index in [-0.39, 0.29) is 0 Å². The summed E-state index contributed by atoms with van der Waals surface area (Å²) >= 11 is 1.74. The van der Waals surface area contributed by atoms with Gasteiger partial charge in [-0.05, 0) is 24.6 Å². The second-order valence-electron chi connectivity index (χ2n) is 5.13. The highest BCUT2D eigenvalue weighted by Crippen LogP contribution is 2.28. The van der Waals surface area contributed by atoms with Gasteiger partial charge in [-0.15, -0.1) is 21.5 Å². The Morgan fingerprint density at radius 2 is 1.86 bits per heavy atom. The minimum atomic E-state index is 0.816. The van der Waals surface area contributed by atoms with Crippen LogP contribution in [0.15, 0.2) is 42.5 Å². The van der Waals surface area contributed by atoms with E-state index in [4.69, 9.17) is 0 Å². The average molecular weight is 298 g/mol. The molecule has 0 saturated carbocycles. The van der Waals surface area contributed by atoms with Crippen LogP contribution in [-0.4, -0.2) is 21.8 Å². The summed E-state index contributed by atoms with van der Waals surface area (Å²) < 4.78 is 2.05. The number of benzene rings is 1. The maximum Gasteiger partial charge on any atom is 0.227 e. The fourth-order valence-electron chi connectivity index (χ4n) is 2.35. The highest BCUT2D eigenvalue weighted by atomic mass is 32.1. The van der Waals surface area contributed by atoms with Gasteiger partial charge in [0, 0.05) is 25.5 Å². The van der Waals surface area contributed by atoms with Crippen LogP contribution in [0.2, 0.25) is 0 Å². The molecule has 0 radical (unpaired) electrons. The van der Waals surface area contributed by atoms with E-state index in [0.29, 0.717) is 0 Å². The number of nitrogens with zero attached hydrogens (tertiary/aromatic N) is 4. The lowest BCUT2D eigenvalue weighted by Gasteiger charge is -2.17. The fraction of sp³-hybridized carbons (Fsp3) is 0.250. The Hall–Kier alpha value is -2.14. The zero-order chi connectivity index (χ0) is 14.8. The van der Waals surface area contributed by atoms with Gasteiger partial charge in [0.15, 0.2) is 5.82 Å². The van der Waals surface area contributed by atoms with E-state index >= 15 is 0 Å². The number of hydrogen-bond acceptors (Lipinski definition) is 4. The summed E-state index contributed by atoms with van der Waals surface area (Å²) in [5, 5.41) is 8.69. The van der Waals surface area contributed by atoms with Crippen LogP contribution in [-0.2, 0) is 13.6 Å². The smallest absolute Gasteiger partial charge is 0.227 e. The summed E-state index contributed by atoms with van der Waals surface area (Å²) in [6.45, 7) is 2.92. The number of aromatic nitrogens is 3. The molecule has 0 aliphatic rings. The van der Waals surface area contributed by atoms with Crippen molar-refractivity contribution in [3.05, 3.63) is 52.9 Å². The molecule has 1 aromatic carbocycles. The van der Waals surface area contributed by atoms with Gasteiger partial charge < -0.3 is 4.90 Å². The molecule has 0 fully saturated rings. The minimum Gasteiger partial charge on any atom is -0.340 e. The van der Waals surface area contributed by atoms with E-state index in [0.717, 1.165) is 23.2 Å². The zero-order valence-corrected chi connectivity index (χ0v) is 13.3. The molecule has 5 heteroatoms. The molecule has 2 heterocycles. The van der Waals surface area contributed by atoms with E-state index in [2.05, 4.69) is 58.4 Å². The highest BCUT2D eigenvalue weighted by molar-refractivity contribution is 7.15. The van der Waals surface area contributed by atoms with E-state index in [1.807, 2.05) is 24.7 Å². The maximum absolute atomic E-state index is 4.34. The van der Waals surface area contributed by atoms with Crippen LogP contribution >= 0.6 is 11.3 Å². The largest absolute Gasteiger partial charge is 0.340 e. The third-order valence-electron chi connectivity index (χ3n) is 3.42. The summed E-state index contributed by atoms with van der Waals surface area (Å²) in [7, 11) is 4.06. The van der Waals surface area contributed by atoms with Crippen LogP contribution in [0.25, 0.3) is 10.7 Å². The Kier molecular flexibility index (Phi) is 3.75. The molecule has 0 atom stereocenters. The third-order valence-corrected chi connectivity index (χ3v) is 4.41. The Balaban J connectivity index is 1.85. The first-order chi connectivity index (χ1) is 10.1. The van der Waals surface area contributed by atoms with Crippen molar-refractivity contribution < 1.29 is 0 Å². The van der Waals surface area contributed by atoms with Crippen LogP contribution < -0.4 is 4.90 Å². The van der Waals surface area contributed by atoms with Gasteiger partial charge in [-0.1, -0.05) is 30.3 Å². The van der Waals surface area contributed by atoms with Crippen LogP contribution in [0.5, 0.6) is 0 Å². The first-order valence-electron chi connectivity index (χ1n) is 6.86. The predicted octanol–water partition coefficient (Wildman–Crippen LogP) is 3.49. The molecule has 21 heavy (non-hydrogen) atoms. The molecule has 0 spiro atoms. The number of hydrogen-bond donors (Lipinski definition) is 0. The van der Waals surface area contributed by atoms with Crippen molar-refractivity contribution in [1.29, 1.82) is 0 Å². The Bertz CT molecular complexity index is 730. The normalized spacial score (nSPS) is 10.8. The van der Waals surface area contributed by atoms with Crippen molar-refractivity contribution in [2.45, 2.75) is 13.5 Å². The molecule has 0 bridgehead atoms. The van der Waals surface area contributed by atoms with Crippen LogP contribution in [0.4, 0.5) is 5.95 Å². The molecule has 2 aromatic heterocycles. The molecule has 0 saturated heterocycles.